The summed E-state index contributed by atoms with van der Waals surface area (Å²) < 4.78 is 5.49. The second-order valence-corrected chi connectivity index (χ2v) is 8.43. The number of carboxylic acid groups (broad SMARTS) is 1. The summed E-state index contributed by atoms with van der Waals surface area (Å²) >= 11 is 0. The van der Waals surface area contributed by atoms with Crippen molar-refractivity contribution < 1.29 is 24.9 Å². The maximum atomic E-state index is 10.9. The van der Waals surface area contributed by atoms with Gasteiger partial charge < -0.3 is 20.1 Å². The van der Waals surface area contributed by atoms with E-state index in [1.165, 1.54) is 5.56 Å². The van der Waals surface area contributed by atoms with Crippen molar-refractivity contribution in [3.05, 3.63) is 29.3 Å². The van der Waals surface area contributed by atoms with Crippen molar-refractivity contribution in [2.45, 2.75) is 90.3 Å². The van der Waals surface area contributed by atoms with Gasteiger partial charge in [-0.1, -0.05) is 45.2 Å². The molecule has 29 heavy (non-hydrogen) atoms. The quantitative estimate of drug-likeness (QED) is 0.424. The van der Waals surface area contributed by atoms with E-state index in [-0.39, 0.29) is 24.7 Å². The molecule has 4 atom stereocenters. The molecule has 0 radical (unpaired) electrons. The summed E-state index contributed by atoms with van der Waals surface area (Å²) in [5.74, 6) is 0.264. The fourth-order valence-electron chi connectivity index (χ4n) is 4.73. The highest BCUT2D eigenvalue weighted by molar-refractivity contribution is 5.68. The van der Waals surface area contributed by atoms with Crippen molar-refractivity contribution in [2.24, 2.45) is 11.8 Å². The molecule has 3 N–H and O–H groups in total. The minimum atomic E-state index is -0.978. The van der Waals surface area contributed by atoms with E-state index >= 15 is 0 Å². The van der Waals surface area contributed by atoms with E-state index in [0.29, 0.717) is 11.7 Å². The summed E-state index contributed by atoms with van der Waals surface area (Å²) in [7, 11) is 0. The van der Waals surface area contributed by atoms with Crippen LogP contribution in [0.5, 0.6) is 5.75 Å². The Morgan fingerprint density at radius 2 is 2.00 bits per heavy atom. The van der Waals surface area contributed by atoms with E-state index in [2.05, 4.69) is 19.9 Å². The predicted octanol–water partition coefficient (Wildman–Crippen LogP) is 4.36. The molecule has 1 fully saturated rings. The maximum Gasteiger partial charge on any atom is 0.341 e. The molecule has 1 aliphatic carbocycles. The molecule has 0 heterocycles. The number of rotatable bonds is 13. The van der Waals surface area contributed by atoms with Gasteiger partial charge >= 0.3 is 5.97 Å². The van der Waals surface area contributed by atoms with Crippen LogP contribution in [0.4, 0.5) is 0 Å². The maximum absolute atomic E-state index is 10.9. The van der Waals surface area contributed by atoms with E-state index in [9.17, 15) is 15.0 Å². The molecular weight excluding hydrogens is 368 g/mol. The van der Waals surface area contributed by atoms with E-state index < -0.39 is 5.97 Å². The topological polar surface area (TPSA) is 87.0 Å². The summed E-state index contributed by atoms with van der Waals surface area (Å²) in [6.45, 7) is 3.88. The average Bonchev–Trinajstić information content (AvgIpc) is 3.04. The van der Waals surface area contributed by atoms with Crippen molar-refractivity contribution in [2.75, 3.05) is 6.61 Å². The zero-order chi connectivity index (χ0) is 21.2. The monoisotopic (exact) mass is 406 g/mol. The summed E-state index contributed by atoms with van der Waals surface area (Å²) in [6, 6.07) is 5.84. The number of aliphatic hydroxyl groups excluding tert-OH is 2. The minimum Gasteiger partial charge on any atom is -0.482 e. The molecule has 0 aliphatic heterocycles. The molecule has 0 aromatic heterocycles. The molecular formula is C24H38O5. The first-order chi connectivity index (χ1) is 14.0. The predicted molar refractivity (Wildman–Crippen MR) is 114 cm³/mol. The Morgan fingerprint density at radius 3 is 2.69 bits per heavy atom. The van der Waals surface area contributed by atoms with E-state index in [0.717, 1.165) is 69.8 Å². The van der Waals surface area contributed by atoms with Crippen LogP contribution in [0.25, 0.3) is 0 Å². The van der Waals surface area contributed by atoms with Crippen molar-refractivity contribution in [3.63, 3.8) is 0 Å². The first kappa shape index (κ1) is 23.7. The van der Waals surface area contributed by atoms with Crippen molar-refractivity contribution in [3.8, 4) is 5.75 Å². The lowest BCUT2D eigenvalue weighted by Crippen LogP contribution is -2.23. The zero-order valence-corrected chi connectivity index (χ0v) is 18.0. The zero-order valence-electron chi connectivity index (χ0n) is 18.0. The van der Waals surface area contributed by atoms with Gasteiger partial charge in [-0.15, -0.1) is 0 Å². The normalized spacial score (nSPS) is 22.6. The van der Waals surface area contributed by atoms with Gasteiger partial charge in [0.25, 0.3) is 0 Å². The molecule has 5 heteroatoms. The Kier molecular flexibility index (Phi) is 9.95. The summed E-state index contributed by atoms with van der Waals surface area (Å²) in [4.78, 5) is 10.9. The van der Waals surface area contributed by atoms with Gasteiger partial charge in [0.15, 0.2) is 6.61 Å². The third-order valence-corrected chi connectivity index (χ3v) is 6.32. The second-order valence-electron chi connectivity index (χ2n) is 8.43. The second kappa shape index (κ2) is 12.2. The highest BCUT2D eigenvalue weighted by Crippen LogP contribution is 2.39. The van der Waals surface area contributed by atoms with Gasteiger partial charge in [-0.2, -0.15) is 0 Å². The van der Waals surface area contributed by atoms with Crippen LogP contribution in [-0.2, 0) is 17.6 Å². The van der Waals surface area contributed by atoms with E-state index in [1.807, 2.05) is 12.1 Å². The standard InChI is InChI=1S/C24H38O5/c1-3-5-6-9-19(25)12-13-21-18(11-14-22(21)26)15-17-8-7-10-23(20(17)4-2)29-16-24(27)28/h7-8,10,18-19,21-22,25-26H,3-6,9,11-16H2,1-2H3,(H,27,28)/t18-,19+,21-,22-/m1/s1. The van der Waals surface area contributed by atoms with Gasteiger partial charge in [-0.3, -0.25) is 0 Å². The molecule has 0 spiro atoms. The number of aliphatic hydroxyl groups is 2. The van der Waals surface area contributed by atoms with Gasteiger partial charge in [0.05, 0.1) is 12.2 Å². The molecule has 1 aromatic carbocycles. The number of hydrogen-bond acceptors (Lipinski definition) is 4. The van der Waals surface area contributed by atoms with Crippen LogP contribution in [-0.4, -0.2) is 40.1 Å². The Morgan fingerprint density at radius 1 is 1.21 bits per heavy atom. The largest absolute Gasteiger partial charge is 0.482 e. The lowest BCUT2D eigenvalue weighted by atomic mass is 9.83. The van der Waals surface area contributed by atoms with Gasteiger partial charge in [0.1, 0.15) is 5.75 Å². The molecule has 1 aromatic rings. The molecule has 2 rings (SSSR count). The number of benzene rings is 1. The lowest BCUT2D eigenvalue weighted by molar-refractivity contribution is -0.139. The van der Waals surface area contributed by atoms with Crippen molar-refractivity contribution >= 4 is 5.97 Å². The molecule has 0 amide bonds. The van der Waals surface area contributed by atoms with Crippen molar-refractivity contribution in [1.82, 2.24) is 0 Å². The summed E-state index contributed by atoms with van der Waals surface area (Å²) in [5, 5.41) is 29.7. The first-order valence-corrected chi connectivity index (χ1v) is 11.3. The van der Waals surface area contributed by atoms with Gasteiger partial charge in [-0.25, -0.2) is 4.79 Å². The van der Waals surface area contributed by atoms with Crippen LogP contribution < -0.4 is 4.74 Å². The molecule has 0 unspecified atom stereocenters. The number of unbranched alkanes of at least 4 members (excludes halogenated alkanes) is 2. The summed E-state index contributed by atoms with van der Waals surface area (Å²) in [6.07, 6.45) is 8.73. The smallest absolute Gasteiger partial charge is 0.341 e. The molecule has 1 saturated carbocycles. The average molecular weight is 407 g/mol. The van der Waals surface area contributed by atoms with Crippen LogP contribution >= 0.6 is 0 Å². The Balaban J connectivity index is 2.00. The first-order valence-electron chi connectivity index (χ1n) is 11.3. The van der Waals surface area contributed by atoms with Crippen LogP contribution in [0.3, 0.4) is 0 Å². The number of carbonyl (C=O) groups is 1. The van der Waals surface area contributed by atoms with Gasteiger partial charge in [0.2, 0.25) is 0 Å². The Labute approximate surface area is 175 Å². The fourth-order valence-corrected chi connectivity index (χ4v) is 4.73. The molecule has 0 saturated heterocycles. The summed E-state index contributed by atoms with van der Waals surface area (Å²) in [5.41, 5.74) is 2.25. The van der Waals surface area contributed by atoms with Crippen LogP contribution in [0.15, 0.2) is 18.2 Å². The highest BCUT2D eigenvalue weighted by Gasteiger charge is 2.35. The number of hydrogen-bond donors (Lipinski definition) is 3. The van der Waals surface area contributed by atoms with Crippen LogP contribution in [0.1, 0.15) is 76.3 Å². The van der Waals surface area contributed by atoms with E-state index in [4.69, 9.17) is 9.84 Å². The Bertz CT molecular complexity index is 630. The van der Waals surface area contributed by atoms with Crippen LogP contribution in [0, 0.1) is 11.8 Å². The number of carboxylic acids is 1. The number of aliphatic carboxylic acids is 1. The lowest BCUT2D eigenvalue weighted by Gasteiger charge is -2.25. The molecule has 164 valence electrons. The van der Waals surface area contributed by atoms with E-state index in [1.54, 1.807) is 0 Å². The van der Waals surface area contributed by atoms with Crippen molar-refractivity contribution in [1.29, 1.82) is 0 Å². The van der Waals surface area contributed by atoms with Gasteiger partial charge in [0, 0.05) is 0 Å². The third-order valence-electron chi connectivity index (χ3n) is 6.32. The minimum absolute atomic E-state index is 0.212. The Hall–Kier alpha value is -1.59. The molecule has 1 aliphatic rings. The third kappa shape index (κ3) is 7.31. The molecule has 5 nitrogen and oxygen atoms in total. The SMILES string of the molecule is CCCCC[C@H](O)CC[C@@H]1[C@@H](Cc2cccc(OCC(=O)O)c2CC)CC[C@H]1O. The van der Waals surface area contributed by atoms with Crippen LogP contribution in [0.2, 0.25) is 0 Å². The fraction of sp³-hybridized carbons (Fsp3) is 0.708. The molecule has 0 bridgehead atoms. The van der Waals surface area contributed by atoms with Gasteiger partial charge in [-0.05, 0) is 74.0 Å². The number of ether oxygens (including phenoxy) is 1. The highest BCUT2D eigenvalue weighted by atomic mass is 16.5.